The molecule has 2 rings (SSSR count). The number of rotatable bonds is 5. The van der Waals surface area contributed by atoms with E-state index in [1.807, 2.05) is 7.05 Å². The van der Waals surface area contributed by atoms with Crippen molar-refractivity contribution in [2.24, 2.45) is 0 Å². The number of nitrogens with zero attached hydrogens (tertiary/aromatic N) is 1. The molecule has 106 valence electrons. The Labute approximate surface area is 119 Å². The normalized spacial score (nSPS) is 20.1. The summed E-state index contributed by atoms with van der Waals surface area (Å²) < 4.78 is 24.4. The van der Waals surface area contributed by atoms with Crippen LogP contribution in [0.15, 0.2) is 29.2 Å². The molecule has 0 aromatic heterocycles. The van der Waals surface area contributed by atoms with Gasteiger partial charge in [-0.25, -0.2) is 8.42 Å². The molecule has 1 fully saturated rings. The van der Waals surface area contributed by atoms with Crippen LogP contribution in [0, 0.1) is 0 Å². The monoisotopic (exact) mass is 302 g/mol. The van der Waals surface area contributed by atoms with E-state index >= 15 is 0 Å². The third-order valence-electron chi connectivity index (χ3n) is 3.54. The lowest BCUT2D eigenvalue weighted by Crippen LogP contribution is -2.36. The van der Waals surface area contributed by atoms with Crippen LogP contribution in [0.2, 0.25) is 5.02 Å². The zero-order valence-electron chi connectivity index (χ0n) is 11.0. The quantitative estimate of drug-likeness (QED) is 0.893. The average Bonchev–Trinajstić information content (AvgIpc) is 2.90. The number of sulfone groups is 1. The van der Waals surface area contributed by atoms with E-state index in [1.165, 1.54) is 0 Å². The first-order valence-corrected chi connectivity index (χ1v) is 8.41. The third-order valence-corrected chi connectivity index (χ3v) is 5.51. The summed E-state index contributed by atoms with van der Waals surface area (Å²) in [6.07, 6.45) is 1.08. The molecule has 0 amide bonds. The van der Waals surface area contributed by atoms with Crippen molar-refractivity contribution >= 4 is 21.4 Å². The summed E-state index contributed by atoms with van der Waals surface area (Å²) in [5.74, 6) is 0.141. The van der Waals surface area contributed by atoms with E-state index in [4.69, 9.17) is 11.6 Å². The van der Waals surface area contributed by atoms with Crippen molar-refractivity contribution in [3.8, 4) is 0 Å². The lowest BCUT2D eigenvalue weighted by molar-refractivity contribution is 0.271. The van der Waals surface area contributed by atoms with Gasteiger partial charge in [0.15, 0.2) is 9.84 Å². The highest BCUT2D eigenvalue weighted by Crippen LogP contribution is 2.16. The maximum atomic E-state index is 12.2. The summed E-state index contributed by atoms with van der Waals surface area (Å²) in [5.41, 5.74) is 0. The van der Waals surface area contributed by atoms with E-state index < -0.39 is 9.84 Å². The largest absolute Gasteiger partial charge is 0.315 e. The van der Waals surface area contributed by atoms with Crippen LogP contribution in [-0.4, -0.2) is 51.8 Å². The van der Waals surface area contributed by atoms with Gasteiger partial charge in [0.05, 0.1) is 10.6 Å². The molecule has 1 N–H and O–H groups in total. The number of nitrogens with one attached hydrogen (secondary N) is 1. The molecule has 1 atom stereocenters. The highest BCUT2D eigenvalue weighted by Gasteiger charge is 2.21. The van der Waals surface area contributed by atoms with Crippen molar-refractivity contribution in [3.63, 3.8) is 0 Å². The predicted molar refractivity (Wildman–Crippen MR) is 77.4 cm³/mol. The first-order chi connectivity index (χ1) is 8.99. The summed E-state index contributed by atoms with van der Waals surface area (Å²) in [5, 5.41) is 3.83. The lowest BCUT2D eigenvalue weighted by Gasteiger charge is -2.23. The second-order valence-corrected chi connectivity index (χ2v) is 7.45. The van der Waals surface area contributed by atoms with E-state index in [-0.39, 0.29) is 5.75 Å². The first kappa shape index (κ1) is 14.8. The van der Waals surface area contributed by atoms with Crippen LogP contribution in [0.3, 0.4) is 0 Å². The predicted octanol–water partition coefficient (Wildman–Crippen LogP) is 1.41. The summed E-state index contributed by atoms with van der Waals surface area (Å²) in [4.78, 5) is 2.46. The molecule has 0 radical (unpaired) electrons. The minimum absolute atomic E-state index is 0.141. The van der Waals surface area contributed by atoms with Gasteiger partial charge in [-0.1, -0.05) is 11.6 Å². The van der Waals surface area contributed by atoms with Gasteiger partial charge in [-0.2, -0.15) is 0 Å². The third kappa shape index (κ3) is 3.92. The Morgan fingerprint density at radius 2 is 2.05 bits per heavy atom. The zero-order valence-corrected chi connectivity index (χ0v) is 12.5. The number of hydrogen-bond donors (Lipinski definition) is 1. The van der Waals surface area contributed by atoms with Crippen LogP contribution in [0.4, 0.5) is 0 Å². The molecule has 1 aliphatic heterocycles. The Bertz CT molecular complexity index is 510. The Morgan fingerprint density at radius 1 is 1.37 bits per heavy atom. The van der Waals surface area contributed by atoms with Gasteiger partial charge in [0.2, 0.25) is 0 Å². The number of hydrogen-bond acceptors (Lipinski definition) is 4. The molecule has 1 aromatic rings. The van der Waals surface area contributed by atoms with E-state index in [0.717, 1.165) is 19.5 Å². The van der Waals surface area contributed by atoms with Gasteiger partial charge in [0.1, 0.15) is 0 Å². The minimum atomic E-state index is -3.22. The van der Waals surface area contributed by atoms with Crippen LogP contribution in [0.1, 0.15) is 6.42 Å². The molecule has 1 aliphatic rings. The van der Waals surface area contributed by atoms with Crippen molar-refractivity contribution in [1.82, 2.24) is 10.2 Å². The molecule has 0 aliphatic carbocycles. The molecular formula is C13H19ClN2O2S. The van der Waals surface area contributed by atoms with Gasteiger partial charge in [0, 0.05) is 24.2 Å². The molecule has 1 heterocycles. The van der Waals surface area contributed by atoms with E-state index in [9.17, 15) is 8.42 Å². The topological polar surface area (TPSA) is 49.4 Å². The Balaban J connectivity index is 1.95. The van der Waals surface area contributed by atoms with Crippen molar-refractivity contribution in [3.05, 3.63) is 29.3 Å². The number of benzene rings is 1. The fourth-order valence-electron chi connectivity index (χ4n) is 2.22. The highest BCUT2D eigenvalue weighted by atomic mass is 35.5. The molecule has 4 nitrogen and oxygen atoms in total. The summed E-state index contributed by atoms with van der Waals surface area (Å²) in [6.45, 7) is 2.51. The van der Waals surface area contributed by atoms with Crippen molar-refractivity contribution in [1.29, 1.82) is 0 Å². The maximum Gasteiger partial charge on any atom is 0.179 e. The van der Waals surface area contributed by atoms with Gasteiger partial charge in [-0.15, -0.1) is 0 Å². The minimum Gasteiger partial charge on any atom is -0.315 e. The SMILES string of the molecule is CN(CCS(=O)(=O)c1ccc(Cl)cc1)C1CCNC1. The molecule has 0 bridgehead atoms. The molecule has 6 heteroatoms. The lowest BCUT2D eigenvalue weighted by atomic mass is 10.2. The Hall–Kier alpha value is -0.620. The summed E-state index contributed by atoms with van der Waals surface area (Å²) in [7, 11) is -1.24. The van der Waals surface area contributed by atoms with Crippen molar-refractivity contribution in [2.45, 2.75) is 17.4 Å². The fraction of sp³-hybridized carbons (Fsp3) is 0.538. The van der Waals surface area contributed by atoms with Crippen LogP contribution in [0.5, 0.6) is 0 Å². The van der Waals surface area contributed by atoms with E-state index in [2.05, 4.69) is 10.2 Å². The first-order valence-electron chi connectivity index (χ1n) is 6.38. The second kappa shape index (κ2) is 6.22. The number of likely N-dealkylation sites (N-methyl/N-ethyl adjacent to an activating group) is 1. The average molecular weight is 303 g/mol. The fourth-order valence-corrected chi connectivity index (χ4v) is 3.66. The molecule has 1 aromatic carbocycles. The van der Waals surface area contributed by atoms with E-state index in [1.54, 1.807) is 24.3 Å². The number of halogens is 1. The van der Waals surface area contributed by atoms with Crippen LogP contribution in [0.25, 0.3) is 0 Å². The van der Waals surface area contributed by atoms with Gasteiger partial charge < -0.3 is 10.2 Å². The molecule has 1 unspecified atom stereocenters. The van der Waals surface area contributed by atoms with Crippen LogP contribution >= 0.6 is 11.6 Å². The van der Waals surface area contributed by atoms with Gasteiger partial charge >= 0.3 is 0 Å². The van der Waals surface area contributed by atoms with Crippen molar-refractivity contribution in [2.75, 3.05) is 32.4 Å². The highest BCUT2D eigenvalue weighted by molar-refractivity contribution is 7.91. The van der Waals surface area contributed by atoms with Gasteiger partial charge in [0.25, 0.3) is 0 Å². The molecule has 0 saturated carbocycles. The molecular weight excluding hydrogens is 284 g/mol. The Morgan fingerprint density at radius 3 is 2.63 bits per heavy atom. The molecule has 0 spiro atoms. The molecule has 19 heavy (non-hydrogen) atoms. The Kier molecular flexibility index (Phi) is 4.84. The van der Waals surface area contributed by atoms with Gasteiger partial charge in [-0.3, -0.25) is 0 Å². The van der Waals surface area contributed by atoms with E-state index in [0.29, 0.717) is 22.5 Å². The van der Waals surface area contributed by atoms with Crippen molar-refractivity contribution < 1.29 is 8.42 Å². The maximum absolute atomic E-state index is 12.2. The second-order valence-electron chi connectivity index (χ2n) is 4.90. The summed E-state index contributed by atoms with van der Waals surface area (Å²) >= 11 is 5.77. The van der Waals surface area contributed by atoms with Crippen LogP contribution in [-0.2, 0) is 9.84 Å². The standard InChI is InChI=1S/C13H19ClN2O2S/c1-16(12-6-7-15-10-12)8-9-19(17,18)13-4-2-11(14)3-5-13/h2-5,12,15H,6-10H2,1H3. The zero-order chi connectivity index (χ0) is 13.9. The molecule has 1 saturated heterocycles. The van der Waals surface area contributed by atoms with Gasteiger partial charge in [-0.05, 0) is 44.3 Å². The summed E-state index contributed by atoms with van der Waals surface area (Å²) in [6, 6.07) is 6.79. The van der Waals surface area contributed by atoms with Crippen LogP contribution < -0.4 is 5.32 Å². The smallest absolute Gasteiger partial charge is 0.179 e.